The second-order valence-electron chi connectivity index (χ2n) is 15.8. The molecule has 0 atom stereocenters. The molecular formula is C55H44Si. The molecule has 9 aromatic rings. The molecule has 0 bridgehead atoms. The van der Waals surface area contributed by atoms with E-state index < -0.39 is 8.07 Å². The molecule has 0 aliphatic carbocycles. The summed E-state index contributed by atoms with van der Waals surface area (Å²) in [7, 11) is -1.96. The quantitative estimate of drug-likeness (QED) is 0.122. The van der Waals surface area contributed by atoms with Gasteiger partial charge in [0.1, 0.15) is 8.07 Å². The smallest absolute Gasteiger partial charge is 0.0798 e. The Bertz CT molecular complexity index is 3150. The van der Waals surface area contributed by atoms with Crippen LogP contribution in [-0.2, 0) is 0 Å². The topological polar surface area (TPSA) is 0 Å². The maximum Gasteiger partial charge on any atom is 0.113 e. The molecule has 0 aromatic heterocycles. The first kappa shape index (κ1) is 34.2. The molecule has 0 saturated carbocycles. The molecule has 0 unspecified atom stereocenters. The van der Waals surface area contributed by atoms with Gasteiger partial charge in [-0.2, -0.15) is 0 Å². The molecule has 0 N–H and O–H groups in total. The minimum absolute atomic E-state index is 0.941. The first-order chi connectivity index (χ1) is 27.4. The van der Waals surface area contributed by atoms with Crippen molar-refractivity contribution in [1.82, 2.24) is 0 Å². The molecular weight excluding hydrogens is 689 g/mol. The van der Waals surface area contributed by atoms with Crippen molar-refractivity contribution in [2.24, 2.45) is 0 Å². The summed E-state index contributed by atoms with van der Waals surface area (Å²) in [4.78, 5) is 0. The van der Waals surface area contributed by atoms with E-state index in [-0.39, 0.29) is 0 Å². The largest absolute Gasteiger partial charge is 0.113 e. The van der Waals surface area contributed by atoms with Crippen molar-refractivity contribution in [3.8, 4) is 44.5 Å². The number of benzene rings is 9. The highest BCUT2D eigenvalue weighted by Gasteiger charge is 2.38. The third-order valence-corrected chi connectivity index (χ3v) is 16.0. The van der Waals surface area contributed by atoms with Crippen LogP contribution >= 0.6 is 0 Å². The Labute approximate surface area is 330 Å². The Hall–Kier alpha value is -6.28. The Kier molecular flexibility index (Phi) is 8.24. The summed E-state index contributed by atoms with van der Waals surface area (Å²) >= 11 is 0. The minimum atomic E-state index is -1.96. The van der Waals surface area contributed by atoms with Crippen LogP contribution in [0.4, 0.5) is 0 Å². The number of hydrogen-bond acceptors (Lipinski definition) is 0. The predicted octanol–water partition coefficient (Wildman–Crippen LogP) is 12.4. The average molecular weight is 733 g/mol. The van der Waals surface area contributed by atoms with Crippen molar-refractivity contribution in [2.75, 3.05) is 0 Å². The summed E-state index contributed by atoms with van der Waals surface area (Å²) in [5, 5.41) is 13.4. The lowest BCUT2D eigenvalue weighted by Crippen LogP contribution is -2.49. The van der Waals surface area contributed by atoms with E-state index in [9.17, 15) is 0 Å². The zero-order chi connectivity index (χ0) is 38.0. The van der Waals surface area contributed by atoms with Gasteiger partial charge in [0.05, 0.1) is 0 Å². The van der Waals surface area contributed by atoms with Crippen molar-refractivity contribution < 1.29 is 0 Å². The molecule has 0 saturated heterocycles. The Morgan fingerprint density at radius 3 is 1.96 bits per heavy atom. The molecule has 0 radical (unpaired) electrons. The SMILES string of the molecule is CC=c1ccccc1=C(CC)c1ccc2c(-c3cccc(-c4ccc5ccccc5c4)c3)c3cc4c(cc3c(-c3ccccc3)c2c1)[Si](C)(C)c1ccccc1-4. The third-order valence-electron chi connectivity index (χ3n) is 12.4. The van der Waals surface area contributed by atoms with Crippen LogP contribution in [0.1, 0.15) is 25.8 Å². The van der Waals surface area contributed by atoms with Gasteiger partial charge in [0.25, 0.3) is 0 Å². The Morgan fingerprint density at radius 2 is 1.12 bits per heavy atom. The minimum Gasteiger partial charge on any atom is -0.0798 e. The molecule has 10 rings (SSSR count). The maximum absolute atomic E-state index is 2.60. The molecule has 1 heterocycles. The van der Waals surface area contributed by atoms with Crippen LogP contribution in [0.5, 0.6) is 0 Å². The summed E-state index contributed by atoms with van der Waals surface area (Å²) in [6, 6.07) is 66.4. The second kappa shape index (κ2) is 13.5. The lowest BCUT2D eigenvalue weighted by Gasteiger charge is -2.23. The molecule has 1 aliphatic heterocycles. The van der Waals surface area contributed by atoms with Crippen molar-refractivity contribution in [3.63, 3.8) is 0 Å². The van der Waals surface area contributed by atoms with E-state index in [0.29, 0.717) is 0 Å². The van der Waals surface area contributed by atoms with E-state index in [1.54, 1.807) is 0 Å². The Morgan fingerprint density at radius 1 is 0.464 bits per heavy atom. The highest BCUT2D eigenvalue weighted by molar-refractivity contribution is 7.04. The molecule has 0 fully saturated rings. The lowest BCUT2D eigenvalue weighted by molar-refractivity contribution is 1.21. The fourth-order valence-corrected chi connectivity index (χ4v) is 12.7. The van der Waals surface area contributed by atoms with Gasteiger partial charge in [-0.25, -0.2) is 0 Å². The summed E-state index contributed by atoms with van der Waals surface area (Å²) < 4.78 is 0. The fourth-order valence-electron chi connectivity index (χ4n) is 9.63. The van der Waals surface area contributed by atoms with Crippen LogP contribution in [0, 0.1) is 0 Å². The zero-order valence-corrected chi connectivity index (χ0v) is 33.5. The molecule has 268 valence electrons. The average Bonchev–Trinajstić information content (AvgIpc) is 3.47. The Balaban J connectivity index is 1.35. The van der Waals surface area contributed by atoms with Crippen LogP contribution in [-0.4, -0.2) is 8.07 Å². The van der Waals surface area contributed by atoms with E-state index in [4.69, 9.17) is 0 Å². The molecule has 1 heteroatoms. The standard InChI is InChI=1S/C55H44Si/c1-5-36-17-12-13-24-45(36)44(6-2)42-29-30-47-49(33-42)54(38-19-8-7-9-20-38)51-35-53-48(46-25-14-15-26-52(46)56(53,3)4)34-50(51)55(47)43-23-16-22-40(32-43)41-28-27-37-18-10-11-21-39(37)31-41/h5,7-35H,6H2,1-4H3. The third kappa shape index (κ3) is 5.41. The van der Waals surface area contributed by atoms with Gasteiger partial charge < -0.3 is 0 Å². The first-order valence-corrected chi connectivity index (χ1v) is 23.0. The monoisotopic (exact) mass is 732 g/mol. The summed E-state index contributed by atoms with van der Waals surface area (Å²) in [5.74, 6) is 0. The van der Waals surface area contributed by atoms with Crippen LogP contribution < -0.4 is 20.8 Å². The van der Waals surface area contributed by atoms with Gasteiger partial charge in [-0.05, 0) is 146 Å². The zero-order valence-electron chi connectivity index (χ0n) is 32.5. The number of hydrogen-bond donors (Lipinski definition) is 0. The summed E-state index contributed by atoms with van der Waals surface area (Å²) in [6.07, 6.45) is 3.18. The van der Waals surface area contributed by atoms with E-state index in [2.05, 4.69) is 209 Å². The van der Waals surface area contributed by atoms with Crippen molar-refractivity contribution in [1.29, 1.82) is 0 Å². The molecule has 0 amide bonds. The highest BCUT2D eigenvalue weighted by atomic mass is 28.3. The van der Waals surface area contributed by atoms with Crippen LogP contribution in [0.15, 0.2) is 176 Å². The lowest BCUT2D eigenvalue weighted by atomic mass is 9.83. The van der Waals surface area contributed by atoms with Crippen LogP contribution in [0.25, 0.3) is 88.5 Å². The van der Waals surface area contributed by atoms with Gasteiger partial charge in [0.2, 0.25) is 0 Å². The predicted molar refractivity (Wildman–Crippen MR) is 246 cm³/mol. The molecule has 0 nitrogen and oxygen atoms in total. The molecule has 0 spiro atoms. The first-order valence-electron chi connectivity index (χ1n) is 20.0. The summed E-state index contributed by atoms with van der Waals surface area (Å²) in [5.41, 5.74) is 13.0. The maximum atomic E-state index is 2.60. The van der Waals surface area contributed by atoms with Crippen molar-refractivity contribution in [3.05, 3.63) is 192 Å². The number of fused-ring (bicyclic) bond motifs is 6. The van der Waals surface area contributed by atoms with Gasteiger partial charge in [-0.3, -0.25) is 0 Å². The number of rotatable bonds is 5. The van der Waals surface area contributed by atoms with Gasteiger partial charge in [-0.1, -0.05) is 178 Å². The van der Waals surface area contributed by atoms with E-state index in [1.807, 2.05) is 0 Å². The summed E-state index contributed by atoms with van der Waals surface area (Å²) in [6.45, 7) is 9.50. The second-order valence-corrected chi connectivity index (χ2v) is 20.2. The van der Waals surface area contributed by atoms with Gasteiger partial charge >= 0.3 is 0 Å². The van der Waals surface area contributed by atoms with E-state index in [0.717, 1.165) is 6.42 Å². The van der Waals surface area contributed by atoms with Gasteiger partial charge in [0.15, 0.2) is 0 Å². The molecule has 1 aliphatic rings. The normalized spacial score (nSPS) is 14.0. The molecule has 56 heavy (non-hydrogen) atoms. The highest BCUT2D eigenvalue weighted by Crippen LogP contribution is 2.47. The van der Waals surface area contributed by atoms with Crippen LogP contribution in [0.2, 0.25) is 13.1 Å². The molecule has 9 aromatic carbocycles. The fraction of sp³-hybridized carbons (Fsp3) is 0.0909. The van der Waals surface area contributed by atoms with Gasteiger partial charge in [-0.15, -0.1) is 0 Å². The van der Waals surface area contributed by atoms with Crippen molar-refractivity contribution >= 4 is 62.4 Å². The van der Waals surface area contributed by atoms with E-state index in [1.165, 1.54) is 109 Å². The van der Waals surface area contributed by atoms with Gasteiger partial charge in [0, 0.05) is 0 Å². The van der Waals surface area contributed by atoms with Crippen LogP contribution in [0.3, 0.4) is 0 Å². The van der Waals surface area contributed by atoms with E-state index >= 15 is 0 Å². The van der Waals surface area contributed by atoms with Crippen molar-refractivity contribution in [2.45, 2.75) is 33.4 Å².